The maximum absolute atomic E-state index is 11.7. The second-order valence-corrected chi connectivity index (χ2v) is 10.6. The fourth-order valence-corrected chi connectivity index (χ4v) is 4.50. The first-order valence-corrected chi connectivity index (χ1v) is 9.84. The summed E-state index contributed by atoms with van der Waals surface area (Å²) in [6, 6.07) is 0. The molecular formula is C23H38O3. The Morgan fingerprint density at radius 1 is 1.27 bits per heavy atom. The van der Waals surface area contributed by atoms with Gasteiger partial charge in [-0.15, -0.1) is 0 Å². The molecule has 0 saturated heterocycles. The highest BCUT2D eigenvalue weighted by atomic mass is 16.5. The number of allylic oxidation sites excluding steroid dienone is 2. The SMILES string of the molecule is C/C(=C\CCC1(C)CC2=C(C=CC(O)(C(C)(C)C)C2C(C)(C)C)O1)CO. The highest BCUT2D eigenvalue weighted by molar-refractivity contribution is 5.40. The van der Waals surface area contributed by atoms with E-state index < -0.39 is 5.60 Å². The van der Waals surface area contributed by atoms with E-state index in [4.69, 9.17) is 4.74 Å². The van der Waals surface area contributed by atoms with Crippen LogP contribution in [0.1, 0.15) is 74.7 Å². The van der Waals surface area contributed by atoms with Gasteiger partial charge < -0.3 is 14.9 Å². The van der Waals surface area contributed by atoms with Crippen molar-refractivity contribution in [2.75, 3.05) is 6.61 Å². The van der Waals surface area contributed by atoms with Crippen molar-refractivity contribution in [1.29, 1.82) is 0 Å². The van der Waals surface area contributed by atoms with Crippen LogP contribution in [0.4, 0.5) is 0 Å². The minimum absolute atomic E-state index is 0.0199. The molecule has 2 rings (SSSR count). The molecule has 148 valence electrons. The van der Waals surface area contributed by atoms with Gasteiger partial charge >= 0.3 is 0 Å². The lowest BCUT2D eigenvalue weighted by atomic mass is 9.56. The molecule has 3 atom stereocenters. The minimum Gasteiger partial charge on any atom is -0.487 e. The standard InChI is InChI=1S/C23H38O3/c1-16(15-24)10-9-12-22(8)14-17-18(26-22)11-13-23(25,21(5,6)7)19(17)20(2,3)4/h10-11,13,19,24-25H,9,12,14-15H2,1-8H3/b16-10+. The minimum atomic E-state index is -0.897. The van der Waals surface area contributed by atoms with E-state index in [-0.39, 0.29) is 29.0 Å². The van der Waals surface area contributed by atoms with Gasteiger partial charge in [0, 0.05) is 12.3 Å². The number of aliphatic hydroxyl groups is 2. The molecule has 1 heterocycles. The second kappa shape index (κ2) is 6.83. The first kappa shape index (κ1) is 21.2. The van der Waals surface area contributed by atoms with Gasteiger partial charge in [0.2, 0.25) is 0 Å². The molecule has 0 aromatic heterocycles. The molecule has 0 spiro atoms. The van der Waals surface area contributed by atoms with Gasteiger partial charge in [0.15, 0.2) is 0 Å². The summed E-state index contributed by atoms with van der Waals surface area (Å²) in [5, 5.41) is 20.9. The number of hydrogen-bond acceptors (Lipinski definition) is 3. The molecule has 0 radical (unpaired) electrons. The topological polar surface area (TPSA) is 49.7 Å². The molecule has 0 bridgehead atoms. The maximum atomic E-state index is 11.7. The molecule has 0 fully saturated rings. The number of ether oxygens (including phenoxy) is 1. The third-order valence-corrected chi connectivity index (χ3v) is 6.00. The van der Waals surface area contributed by atoms with E-state index in [0.717, 1.165) is 30.6 Å². The fraction of sp³-hybridized carbons (Fsp3) is 0.739. The monoisotopic (exact) mass is 362 g/mol. The van der Waals surface area contributed by atoms with Crippen molar-refractivity contribution in [3.8, 4) is 0 Å². The summed E-state index contributed by atoms with van der Waals surface area (Å²) in [4.78, 5) is 0. The molecule has 0 aromatic rings. The molecule has 1 aliphatic carbocycles. The molecule has 0 saturated carbocycles. The van der Waals surface area contributed by atoms with Crippen LogP contribution >= 0.6 is 0 Å². The van der Waals surface area contributed by atoms with Crippen LogP contribution in [0.25, 0.3) is 0 Å². The van der Waals surface area contributed by atoms with Crippen LogP contribution in [0.3, 0.4) is 0 Å². The van der Waals surface area contributed by atoms with Gasteiger partial charge in [0.25, 0.3) is 0 Å². The van der Waals surface area contributed by atoms with Crippen molar-refractivity contribution in [2.45, 2.75) is 85.9 Å². The van der Waals surface area contributed by atoms with E-state index >= 15 is 0 Å². The van der Waals surface area contributed by atoms with Gasteiger partial charge in [0.1, 0.15) is 11.4 Å². The number of hydrogen-bond donors (Lipinski definition) is 2. The molecule has 3 heteroatoms. The van der Waals surface area contributed by atoms with Gasteiger partial charge in [-0.1, -0.05) is 53.2 Å². The predicted molar refractivity (Wildman–Crippen MR) is 108 cm³/mol. The Morgan fingerprint density at radius 2 is 1.88 bits per heavy atom. The van der Waals surface area contributed by atoms with Crippen molar-refractivity contribution < 1.29 is 14.9 Å². The van der Waals surface area contributed by atoms with Gasteiger partial charge in [0.05, 0.1) is 12.2 Å². The molecular weight excluding hydrogens is 324 g/mol. The molecule has 3 unspecified atom stereocenters. The van der Waals surface area contributed by atoms with E-state index in [1.54, 1.807) is 0 Å². The van der Waals surface area contributed by atoms with Crippen LogP contribution in [0, 0.1) is 16.7 Å². The predicted octanol–water partition coefficient (Wildman–Crippen LogP) is 5.15. The lowest BCUT2D eigenvalue weighted by Gasteiger charge is -2.51. The zero-order valence-electron chi connectivity index (χ0n) is 17.9. The summed E-state index contributed by atoms with van der Waals surface area (Å²) in [6.07, 6.45) is 8.67. The molecule has 3 nitrogen and oxygen atoms in total. The van der Waals surface area contributed by atoms with Crippen molar-refractivity contribution in [3.05, 3.63) is 35.1 Å². The summed E-state index contributed by atoms with van der Waals surface area (Å²) in [7, 11) is 0. The van der Waals surface area contributed by atoms with Gasteiger partial charge in [-0.2, -0.15) is 0 Å². The molecule has 2 N–H and O–H groups in total. The largest absolute Gasteiger partial charge is 0.487 e. The molecule has 1 aliphatic heterocycles. The van der Waals surface area contributed by atoms with Crippen molar-refractivity contribution in [1.82, 2.24) is 0 Å². The van der Waals surface area contributed by atoms with Crippen LogP contribution in [-0.2, 0) is 4.74 Å². The lowest BCUT2D eigenvalue weighted by Crippen LogP contribution is -2.54. The average molecular weight is 363 g/mol. The normalized spacial score (nSPS) is 32.7. The van der Waals surface area contributed by atoms with Crippen molar-refractivity contribution in [3.63, 3.8) is 0 Å². The highest BCUT2D eigenvalue weighted by Crippen LogP contribution is 2.56. The Labute approximate surface area is 159 Å². The average Bonchev–Trinajstić information content (AvgIpc) is 2.80. The quantitative estimate of drug-likeness (QED) is 0.680. The summed E-state index contributed by atoms with van der Waals surface area (Å²) in [5.41, 5.74) is 0.761. The molecule has 0 aromatic carbocycles. The maximum Gasteiger partial charge on any atom is 0.119 e. The second-order valence-electron chi connectivity index (χ2n) is 10.6. The highest BCUT2D eigenvalue weighted by Gasteiger charge is 2.55. The van der Waals surface area contributed by atoms with Crippen LogP contribution in [0.2, 0.25) is 0 Å². The Hall–Kier alpha value is -1.06. The third-order valence-electron chi connectivity index (χ3n) is 6.00. The Balaban J connectivity index is 2.30. The van der Waals surface area contributed by atoms with Crippen LogP contribution in [0.15, 0.2) is 35.1 Å². The van der Waals surface area contributed by atoms with Crippen LogP contribution in [-0.4, -0.2) is 28.0 Å². The molecule has 0 amide bonds. The summed E-state index contributed by atoms with van der Waals surface area (Å²) in [5.74, 6) is 0.968. The Morgan fingerprint density at radius 3 is 2.38 bits per heavy atom. The van der Waals surface area contributed by atoms with E-state index in [1.807, 2.05) is 19.1 Å². The molecule has 26 heavy (non-hydrogen) atoms. The summed E-state index contributed by atoms with van der Waals surface area (Å²) in [6.45, 7) is 17.2. The number of aliphatic hydroxyl groups excluding tert-OH is 1. The Kier molecular flexibility index (Phi) is 5.58. The van der Waals surface area contributed by atoms with E-state index in [1.165, 1.54) is 5.57 Å². The van der Waals surface area contributed by atoms with Crippen molar-refractivity contribution >= 4 is 0 Å². The van der Waals surface area contributed by atoms with E-state index in [2.05, 4.69) is 54.5 Å². The van der Waals surface area contributed by atoms with Gasteiger partial charge in [-0.05, 0) is 55.2 Å². The van der Waals surface area contributed by atoms with Crippen LogP contribution < -0.4 is 0 Å². The van der Waals surface area contributed by atoms with Crippen molar-refractivity contribution in [2.24, 2.45) is 16.7 Å². The van der Waals surface area contributed by atoms with E-state index in [9.17, 15) is 10.2 Å². The summed E-state index contributed by atoms with van der Waals surface area (Å²) < 4.78 is 6.39. The first-order valence-electron chi connectivity index (χ1n) is 9.84. The zero-order valence-corrected chi connectivity index (χ0v) is 17.9. The first-order chi connectivity index (χ1) is 11.7. The van der Waals surface area contributed by atoms with Gasteiger partial charge in [-0.3, -0.25) is 0 Å². The third kappa shape index (κ3) is 3.94. The summed E-state index contributed by atoms with van der Waals surface area (Å²) >= 11 is 0. The fourth-order valence-electron chi connectivity index (χ4n) is 4.50. The smallest absolute Gasteiger partial charge is 0.119 e. The lowest BCUT2D eigenvalue weighted by molar-refractivity contribution is -0.0858. The zero-order chi connectivity index (χ0) is 20.0. The Bertz CT molecular complexity index is 627. The van der Waals surface area contributed by atoms with Crippen LogP contribution in [0.5, 0.6) is 0 Å². The van der Waals surface area contributed by atoms with E-state index in [0.29, 0.717) is 0 Å². The molecule has 2 aliphatic rings. The number of rotatable bonds is 4. The van der Waals surface area contributed by atoms with Gasteiger partial charge in [-0.25, -0.2) is 0 Å².